The molecule has 1 aliphatic rings. The predicted molar refractivity (Wildman–Crippen MR) is 137 cm³/mol. The van der Waals surface area contributed by atoms with Crippen LogP contribution in [0.5, 0.6) is 5.75 Å². The highest BCUT2D eigenvalue weighted by Gasteiger charge is 2.33. The second-order valence-corrected chi connectivity index (χ2v) is 9.15. The number of allylic oxidation sites excluding steroid dienone is 1. The smallest absolute Gasteiger partial charge is 0.338 e. The predicted octanol–water partition coefficient (Wildman–Crippen LogP) is 3.20. The van der Waals surface area contributed by atoms with Crippen molar-refractivity contribution in [2.24, 2.45) is 4.99 Å². The highest BCUT2D eigenvalue weighted by molar-refractivity contribution is 7.07. The maximum Gasteiger partial charge on any atom is 0.338 e. The molecular formula is C27H24N4O4S. The fraction of sp³-hybridized carbons (Fsp3) is 0.185. The summed E-state index contributed by atoms with van der Waals surface area (Å²) in [6.07, 6.45) is 3.50. The molecule has 1 N–H and O–H groups in total. The molecule has 1 atom stereocenters. The number of benzene rings is 2. The lowest BCUT2D eigenvalue weighted by atomic mass is 9.96. The number of aromatic amines is 1. The number of thiazole rings is 1. The van der Waals surface area contributed by atoms with Crippen LogP contribution in [-0.4, -0.2) is 34.5 Å². The minimum atomic E-state index is -0.675. The molecule has 2 aromatic carbocycles. The molecule has 0 bridgehead atoms. The summed E-state index contributed by atoms with van der Waals surface area (Å²) < 4.78 is 12.7. The van der Waals surface area contributed by atoms with Crippen molar-refractivity contribution >= 4 is 23.4 Å². The molecule has 2 aromatic heterocycles. The van der Waals surface area contributed by atoms with E-state index in [-0.39, 0.29) is 12.2 Å². The van der Waals surface area contributed by atoms with Crippen molar-refractivity contribution in [3.8, 4) is 17.0 Å². The van der Waals surface area contributed by atoms with Gasteiger partial charge in [-0.25, -0.2) is 9.79 Å². The summed E-state index contributed by atoms with van der Waals surface area (Å²) in [5.41, 5.74) is 3.95. The van der Waals surface area contributed by atoms with E-state index in [1.165, 1.54) is 11.3 Å². The highest BCUT2D eigenvalue weighted by Crippen LogP contribution is 2.31. The maximum absolute atomic E-state index is 13.8. The van der Waals surface area contributed by atoms with Crippen LogP contribution >= 0.6 is 11.3 Å². The van der Waals surface area contributed by atoms with E-state index in [1.54, 1.807) is 43.9 Å². The van der Waals surface area contributed by atoms with Gasteiger partial charge in [-0.3, -0.25) is 14.5 Å². The number of fused-ring (bicyclic) bond motifs is 1. The number of carbonyl (C=O) groups is 1. The number of carbonyl (C=O) groups excluding carboxylic acids is 1. The minimum Gasteiger partial charge on any atom is -0.497 e. The molecule has 182 valence electrons. The van der Waals surface area contributed by atoms with Gasteiger partial charge in [0.05, 0.1) is 47.5 Å². The number of methoxy groups -OCH3 is 1. The molecule has 0 saturated carbocycles. The van der Waals surface area contributed by atoms with Gasteiger partial charge in [0.1, 0.15) is 5.75 Å². The zero-order valence-electron chi connectivity index (χ0n) is 20.0. The van der Waals surface area contributed by atoms with Crippen molar-refractivity contribution in [1.82, 2.24) is 14.8 Å². The van der Waals surface area contributed by atoms with Gasteiger partial charge in [-0.1, -0.05) is 53.8 Å². The summed E-state index contributed by atoms with van der Waals surface area (Å²) in [6, 6.07) is 16.4. The summed E-state index contributed by atoms with van der Waals surface area (Å²) in [4.78, 5) is 31.9. The van der Waals surface area contributed by atoms with E-state index in [2.05, 4.69) is 15.2 Å². The van der Waals surface area contributed by atoms with Gasteiger partial charge >= 0.3 is 5.97 Å². The van der Waals surface area contributed by atoms with Crippen LogP contribution in [-0.2, 0) is 9.53 Å². The van der Waals surface area contributed by atoms with Gasteiger partial charge in [0.25, 0.3) is 5.56 Å². The molecule has 5 rings (SSSR count). The van der Waals surface area contributed by atoms with Gasteiger partial charge < -0.3 is 9.47 Å². The normalized spacial score (nSPS) is 15.4. The summed E-state index contributed by atoms with van der Waals surface area (Å²) in [5.74, 6) is 0.188. The first-order valence-corrected chi connectivity index (χ1v) is 12.3. The first-order valence-electron chi connectivity index (χ1n) is 11.4. The van der Waals surface area contributed by atoms with Crippen LogP contribution in [0.4, 0.5) is 0 Å². The SMILES string of the molecule is CCOC(=O)C1=C(C)N=c2s/c(=C/c3cn[nH]c3-c3ccccc3)c(=O)n2C1c1ccc(OC)cc1. The first-order chi connectivity index (χ1) is 17.5. The molecule has 8 nitrogen and oxygen atoms in total. The molecular weight excluding hydrogens is 476 g/mol. The number of ether oxygens (including phenoxy) is 2. The molecule has 0 saturated heterocycles. The molecule has 1 aliphatic heterocycles. The van der Waals surface area contributed by atoms with E-state index in [9.17, 15) is 9.59 Å². The van der Waals surface area contributed by atoms with E-state index >= 15 is 0 Å². The van der Waals surface area contributed by atoms with Gasteiger partial charge in [-0.05, 0) is 37.6 Å². The van der Waals surface area contributed by atoms with Crippen molar-refractivity contribution in [3.63, 3.8) is 0 Å². The number of rotatable bonds is 6. The van der Waals surface area contributed by atoms with Crippen molar-refractivity contribution < 1.29 is 14.3 Å². The van der Waals surface area contributed by atoms with E-state index in [0.717, 1.165) is 22.4 Å². The van der Waals surface area contributed by atoms with Gasteiger partial charge in [0.2, 0.25) is 0 Å². The maximum atomic E-state index is 13.8. The van der Waals surface area contributed by atoms with Crippen LogP contribution in [0.2, 0.25) is 0 Å². The minimum absolute atomic E-state index is 0.220. The number of nitrogens with zero attached hydrogens (tertiary/aromatic N) is 3. The van der Waals surface area contributed by atoms with Gasteiger partial charge in [0.15, 0.2) is 4.80 Å². The van der Waals surface area contributed by atoms with E-state index in [0.29, 0.717) is 26.4 Å². The van der Waals surface area contributed by atoms with Crippen molar-refractivity contribution in [2.45, 2.75) is 19.9 Å². The standard InChI is InChI=1S/C27H24N4O4S/c1-4-35-26(33)22-16(2)29-27-31(24(22)18-10-12-20(34-3)13-11-18)25(32)21(36-27)14-19-15-28-30-23(19)17-8-6-5-7-9-17/h5-15,24H,4H2,1-3H3,(H,28,30)/b21-14+. The molecule has 1 unspecified atom stereocenters. The number of nitrogens with one attached hydrogen (secondary N) is 1. The average Bonchev–Trinajstić information content (AvgIpc) is 3.48. The second kappa shape index (κ2) is 9.79. The quantitative estimate of drug-likeness (QED) is 0.410. The van der Waals surface area contributed by atoms with Gasteiger partial charge in [-0.15, -0.1) is 0 Å². The molecule has 3 heterocycles. The lowest BCUT2D eigenvalue weighted by Gasteiger charge is -2.24. The largest absolute Gasteiger partial charge is 0.497 e. The zero-order chi connectivity index (χ0) is 25.2. The molecule has 0 aliphatic carbocycles. The Balaban J connectivity index is 1.69. The number of aromatic nitrogens is 3. The topological polar surface area (TPSA) is 98.6 Å². The third kappa shape index (κ3) is 4.18. The Morgan fingerprint density at radius 3 is 2.61 bits per heavy atom. The highest BCUT2D eigenvalue weighted by atomic mass is 32.1. The molecule has 4 aromatic rings. The van der Waals surface area contributed by atoms with Crippen molar-refractivity contribution in [1.29, 1.82) is 0 Å². The Morgan fingerprint density at radius 1 is 1.17 bits per heavy atom. The zero-order valence-corrected chi connectivity index (χ0v) is 20.8. The Morgan fingerprint density at radius 2 is 1.92 bits per heavy atom. The average molecular weight is 501 g/mol. The molecule has 0 spiro atoms. The molecule has 9 heteroatoms. The molecule has 0 radical (unpaired) electrons. The fourth-order valence-corrected chi connectivity index (χ4v) is 5.31. The lowest BCUT2D eigenvalue weighted by molar-refractivity contribution is -0.139. The third-order valence-corrected chi connectivity index (χ3v) is 6.95. The van der Waals surface area contributed by atoms with Crippen LogP contribution in [0, 0.1) is 0 Å². The Bertz CT molecular complexity index is 1630. The first kappa shape index (κ1) is 23.5. The summed E-state index contributed by atoms with van der Waals surface area (Å²) >= 11 is 1.28. The lowest BCUT2D eigenvalue weighted by Crippen LogP contribution is -2.39. The van der Waals surface area contributed by atoms with E-state index in [4.69, 9.17) is 9.47 Å². The number of esters is 1. The van der Waals surface area contributed by atoms with Crippen LogP contribution in [0.25, 0.3) is 17.3 Å². The monoisotopic (exact) mass is 500 g/mol. The molecule has 0 amide bonds. The number of hydrogen-bond donors (Lipinski definition) is 1. The number of hydrogen-bond acceptors (Lipinski definition) is 7. The van der Waals surface area contributed by atoms with E-state index < -0.39 is 12.0 Å². The van der Waals surface area contributed by atoms with Crippen molar-refractivity contribution in [2.75, 3.05) is 13.7 Å². The Hall–Kier alpha value is -4.24. The van der Waals surface area contributed by atoms with Gasteiger partial charge in [-0.2, -0.15) is 5.10 Å². The van der Waals surface area contributed by atoms with Crippen LogP contribution in [0.15, 0.2) is 81.9 Å². The molecule has 36 heavy (non-hydrogen) atoms. The Labute approximate surface area is 210 Å². The van der Waals surface area contributed by atoms with E-state index in [1.807, 2.05) is 48.5 Å². The number of H-pyrrole nitrogens is 1. The van der Waals surface area contributed by atoms with Crippen LogP contribution in [0.3, 0.4) is 0 Å². The summed E-state index contributed by atoms with van der Waals surface area (Å²) in [5, 5.41) is 7.21. The van der Waals surface area contributed by atoms with Crippen LogP contribution < -0.4 is 19.6 Å². The second-order valence-electron chi connectivity index (χ2n) is 8.14. The summed E-state index contributed by atoms with van der Waals surface area (Å²) in [7, 11) is 1.59. The molecule has 0 fully saturated rings. The fourth-order valence-electron chi connectivity index (χ4n) is 4.28. The van der Waals surface area contributed by atoms with Gasteiger partial charge in [0, 0.05) is 11.1 Å². The van der Waals surface area contributed by atoms with Crippen LogP contribution in [0.1, 0.15) is 31.0 Å². The third-order valence-electron chi connectivity index (χ3n) is 5.97. The Kier molecular flexibility index (Phi) is 6.39. The van der Waals surface area contributed by atoms with Crippen molar-refractivity contribution in [3.05, 3.63) is 103 Å². The summed E-state index contributed by atoms with van der Waals surface area (Å²) in [6.45, 7) is 3.74.